The van der Waals surface area contributed by atoms with Crippen LogP contribution in [0.3, 0.4) is 0 Å². The number of benzene rings is 2. The van der Waals surface area contributed by atoms with Gasteiger partial charge in [0, 0.05) is 18.9 Å². The van der Waals surface area contributed by atoms with Crippen molar-refractivity contribution in [3.63, 3.8) is 0 Å². The first-order valence-corrected chi connectivity index (χ1v) is 9.33. The third-order valence-electron chi connectivity index (χ3n) is 4.34. The maximum absolute atomic E-state index is 8.90. The lowest BCUT2D eigenvalue weighted by molar-refractivity contribution is 0.685. The van der Waals surface area contributed by atoms with Crippen LogP contribution in [0.5, 0.6) is 0 Å². The zero-order valence-electron chi connectivity index (χ0n) is 16.5. The van der Waals surface area contributed by atoms with Crippen LogP contribution in [-0.2, 0) is 6.54 Å². The number of aliphatic imine (C=N–C) groups is 1. The molecular formula is C22H25IN6. The predicted octanol–water partition coefficient (Wildman–Crippen LogP) is 4.18. The third kappa shape index (κ3) is 6.32. The van der Waals surface area contributed by atoms with Gasteiger partial charge in [0.25, 0.3) is 0 Å². The summed E-state index contributed by atoms with van der Waals surface area (Å²) in [6, 6.07) is 19.9. The molecule has 1 heterocycles. The van der Waals surface area contributed by atoms with Crippen LogP contribution in [0.15, 0.2) is 72.0 Å². The van der Waals surface area contributed by atoms with Crippen molar-refractivity contribution in [2.75, 3.05) is 6.54 Å². The van der Waals surface area contributed by atoms with Crippen molar-refractivity contribution in [1.82, 2.24) is 20.4 Å². The number of guanidine groups is 1. The Kier molecular flexibility index (Phi) is 8.68. The first-order chi connectivity index (χ1) is 13.7. The number of nitriles is 1. The molecule has 1 aromatic heterocycles. The molecule has 0 saturated carbocycles. The normalized spacial score (nSPS) is 11.8. The van der Waals surface area contributed by atoms with Crippen molar-refractivity contribution in [3.8, 4) is 11.8 Å². The Morgan fingerprint density at radius 3 is 2.66 bits per heavy atom. The fourth-order valence-corrected chi connectivity index (χ4v) is 2.82. The number of aromatic nitrogens is 2. The van der Waals surface area contributed by atoms with E-state index < -0.39 is 0 Å². The van der Waals surface area contributed by atoms with Crippen LogP contribution in [-0.4, -0.2) is 22.3 Å². The summed E-state index contributed by atoms with van der Waals surface area (Å²) >= 11 is 0. The molecule has 2 N–H and O–H groups in total. The van der Waals surface area contributed by atoms with Crippen molar-refractivity contribution >= 4 is 29.9 Å². The van der Waals surface area contributed by atoms with Gasteiger partial charge in [-0.05, 0) is 55.3 Å². The molecule has 0 amide bonds. The topological polar surface area (TPSA) is 78.0 Å². The summed E-state index contributed by atoms with van der Waals surface area (Å²) in [6.07, 6.45) is 3.70. The summed E-state index contributed by atoms with van der Waals surface area (Å²) in [5, 5.41) is 19.9. The average molecular weight is 500 g/mol. The van der Waals surface area contributed by atoms with E-state index >= 15 is 0 Å². The molecule has 1 unspecified atom stereocenters. The van der Waals surface area contributed by atoms with Crippen LogP contribution in [0, 0.1) is 11.3 Å². The van der Waals surface area contributed by atoms with E-state index in [1.807, 2.05) is 60.3 Å². The zero-order valence-corrected chi connectivity index (χ0v) is 18.9. The van der Waals surface area contributed by atoms with Crippen LogP contribution < -0.4 is 10.6 Å². The highest BCUT2D eigenvalue weighted by atomic mass is 127. The number of hydrogen-bond donors (Lipinski definition) is 2. The molecule has 2 aromatic carbocycles. The van der Waals surface area contributed by atoms with E-state index in [1.165, 1.54) is 0 Å². The quantitative estimate of drug-likeness (QED) is 0.303. The molecule has 1 atom stereocenters. The maximum Gasteiger partial charge on any atom is 0.192 e. The van der Waals surface area contributed by atoms with Gasteiger partial charge in [0.15, 0.2) is 5.96 Å². The van der Waals surface area contributed by atoms with Gasteiger partial charge in [-0.1, -0.05) is 24.3 Å². The first-order valence-electron chi connectivity index (χ1n) is 9.33. The molecule has 3 aromatic rings. The summed E-state index contributed by atoms with van der Waals surface area (Å²) in [6.45, 7) is 5.47. The van der Waals surface area contributed by atoms with Crippen molar-refractivity contribution in [1.29, 1.82) is 5.26 Å². The lowest BCUT2D eigenvalue weighted by Gasteiger charge is -2.19. The molecule has 0 aliphatic carbocycles. The highest BCUT2D eigenvalue weighted by Crippen LogP contribution is 2.16. The van der Waals surface area contributed by atoms with Crippen molar-refractivity contribution < 1.29 is 0 Å². The fraction of sp³-hybridized carbons (Fsp3) is 0.227. The number of nitrogens with zero attached hydrogens (tertiary/aromatic N) is 4. The zero-order chi connectivity index (χ0) is 19.8. The largest absolute Gasteiger partial charge is 0.357 e. The molecule has 3 rings (SSSR count). The molecule has 0 saturated heterocycles. The van der Waals surface area contributed by atoms with Gasteiger partial charge >= 0.3 is 0 Å². The van der Waals surface area contributed by atoms with Gasteiger partial charge in [-0.2, -0.15) is 10.4 Å². The van der Waals surface area contributed by atoms with Crippen LogP contribution in [0.1, 0.15) is 36.6 Å². The van der Waals surface area contributed by atoms with Gasteiger partial charge in [-0.25, -0.2) is 9.67 Å². The molecule has 0 aliphatic heterocycles. The standard InChI is InChI=1S/C22H24N6.HI/c1-3-24-22(25-16-19-10-8-18(15-23)9-11-19)27-17(2)20-6-4-7-21(14-20)28-13-5-12-26-28;/h4-14,17H,3,16H2,1-2H3,(H2,24,25,27);1H. The summed E-state index contributed by atoms with van der Waals surface area (Å²) in [5.41, 5.74) is 3.89. The first kappa shape index (κ1) is 22.4. The molecule has 6 nitrogen and oxygen atoms in total. The monoisotopic (exact) mass is 500 g/mol. The minimum absolute atomic E-state index is 0. The fourth-order valence-electron chi connectivity index (χ4n) is 2.82. The van der Waals surface area contributed by atoms with E-state index in [-0.39, 0.29) is 30.0 Å². The lowest BCUT2D eigenvalue weighted by atomic mass is 10.1. The molecule has 0 bridgehead atoms. The lowest BCUT2D eigenvalue weighted by Crippen LogP contribution is -2.38. The number of hydrogen-bond acceptors (Lipinski definition) is 3. The van der Waals surface area contributed by atoms with Crippen molar-refractivity contribution in [2.45, 2.75) is 26.4 Å². The third-order valence-corrected chi connectivity index (χ3v) is 4.34. The smallest absolute Gasteiger partial charge is 0.192 e. The predicted molar refractivity (Wildman–Crippen MR) is 127 cm³/mol. The van der Waals surface area contributed by atoms with E-state index in [4.69, 9.17) is 5.26 Å². The van der Waals surface area contributed by atoms with E-state index in [0.29, 0.717) is 12.1 Å². The minimum Gasteiger partial charge on any atom is -0.357 e. The molecular weight excluding hydrogens is 475 g/mol. The van der Waals surface area contributed by atoms with Crippen molar-refractivity contribution in [2.24, 2.45) is 4.99 Å². The second-order valence-electron chi connectivity index (χ2n) is 6.42. The van der Waals surface area contributed by atoms with Gasteiger partial charge in [0.1, 0.15) is 0 Å². The van der Waals surface area contributed by atoms with Crippen LogP contribution in [0.25, 0.3) is 5.69 Å². The van der Waals surface area contributed by atoms with Crippen LogP contribution in [0.4, 0.5) is 0 Å². The Balaban J connectivity index is 0.00000300. The Morgan fingerprint density at radius 1 is 1.21 bits per heavy atom. The summed E-state index contributed by atoms with van der Waals surface area (Å²) < 4.78 is 1.85. The number of rotatable bonds is 6. The van der Waals surface area contributed by atoms with Gasteiger partial charge in [0.05, 0.1) is 29.9 Å². The highest BCUT2D eigenvalue weighted by Gasteiger charge is 2.09. The Labute approximate surface area is 188 Å². The van der Waals surface area contributed by atoms with Gasteiger partial charge < -0.3 is 10.6 Å². The van der Waals surface area contributed by atoms with Crippen molar-refractivity contribution in [3.05, 3.63) is 83.7 Å². The molecule has 0 radical (unpaired) electrons. The Bertz CT molecular complexity index is 958. The van der Waals surface area contributed by atoms with Crippen LogP contribution in [0.2, 0.25) is 0 Å². The highest BCUT2D eigenvalue weighted by molar-refractivity contribution is 14.0. The maximum atomic E-state index is 8.90. The van der Waals surface area contributed by atoms with Gasteiger partial charge in [0.2, 0.25) is 0 Å². The van der Waals surface area contributed by atoms with Crippen LogP contribution >= 0.6 is 24.0 Å². The average Bonchev–Trinajstić information content (AvgIpc) is 3.27. The second kappa shape index (κ2) is 11.2. The van der Waals surface area contributed by atoms with E-state index in [0.717, 1.165) is 29.3 Å². The summed E-state index contributed by atoms with van der Waals surface area (Å²) in [4.78, 5) is 4.67. The van der Waals surface area contributed by atoms with Gasteiger partial charge in [-0.3, -0.25) is 0 Å². The molecule has 150 valence electrons. The molecule has 29 heavy (non-hydrogen) atoms. The number of halogens is 1. The Morgan fingerprint density at radius 2 is 2.00 bits per heavy atom. The Hall–Kier alpha value is -2.86. The molecule has 0 spiro atoms. The molecule has 7 heteroatoms. The molecule has 0 fully saturated rings. The summed E-state index contributed by atoms with van der Waals surface area (Å²) in [5.74, 6) is 0.754. The van der Waals surface area contributed by atoms with E-state index in [9.17, 15) is 0 Å². The van der Waals surface area contributed by atoms with E-state index in [1.54, 1.807) is 6.20 Å². The molecule has 0 aliphatic rings. The second-order valence-corrected chi connectivity index (χ2v) is 6.42. The summed E-state index contributed by atoms with van der Waals surface area (Å²) in [7, 11) is 0. The number of nitrogens with one attached hydrogen (secondary N) is 2. The van der Waals surface area contributed by atoms with Gasteiger partial charge in [-0.15, -0.1) is 24.0 Å². The minimum atomic E-state index is 0. The van der Waals surface area contributed by atoms with E-state index in [2.05, 4.69) is 45.9 Å². The SMILES string of the molecule is CCNC(=NCc1ccc(C#N)cc1)NC(C)c1cccc(-n2cccn2)c1.I.